The minimum Gasteiger partial charge on any atom is -0.312 e. The molecule has 0 amide bonds. The molecule has 4 rings (SSSR count). The second-order valence-electron chi connectivity index (χ2n) is 6.62. The highest BCUT2D eigenvalue weighted by atomic mass is 35.5. The summed E-state index contributed by atoms with van der Waals surface area (Å²) in [5, 5.41) is 0.537. The number of aryl methyl sites for hydroxylation is 2. The Labute approximate surface area is 160 Å². The lowest BCUT2D eigenvalue weighted by Gasteiger charge is -2.28. The van der Waals surface area contributed by atoms with E-state index in [1.807, 2.05) is 34.9 Å². The molecule has 0 N–H and O–H groups in total. The summed E-state index contributed by atoms with van der Waals surface area (Å²) >= 11 is 5.88. The Bertz CT molecular complexity index is 1150. The minimum atomic E-state index is -0.400. The van der Waals surface area contributed by atoms with Gasteiger partial charge >= 0.3 is 5.69 Å². The Morgan fingerprint density at radius 3 is 2.67 bits per heavy atom. The number of rotatable bonds is 3. The van der Waals surface area contributed by atoms with Gasteiger partial charge in [0.2, 0.25) is 5.95 Å². The van der Waals surface area contributed by atoms with E-state index in [9.17, 15) is 9.59 Å². The number of halogens is 1. The monoisotopic (exact) mass is 385 g/mol. The van der Waals surface area contributed by atoms with E-state index in [0.717, 1.165) is 18.7 Å². The van der Waals surface area contributed by atoms with E-state index in [0.29, 0.717) is 28.7 Å². The molecule has 0 unspecified atom stereocenters. The second-order valence-corrected chi connectivity index (χ2v) is 7.22. The topological polar surface area (TPSA) is 65.1 Å². The summed E-state index contributed by atoms with van der Waals surface area (Å²) in [4.78, 5) is 32.5. The molecule has 0 radical (unpaired) electrons. The molecule has 0 saturated heterocycles. The van der Waals surface area contributed by atoms with E-state index in [2.05, 4.69) is 9.88 Å². The molecule has 1 aliphatic rings. The molecular formula is C19H20ClN5O2. The summed E-state index contributed by atoms with van der Waals surface area (Å²) in [5.41, 5.74) is 1.14. The van der Waals surface area contributed by atoms with Crippen LogP contribution in [0, 0.1) is 0 Å². The van der Waals surface area contributed by atoms with Gasteiger partial charge in [-0.25, -0.2) is 4.79 Å². The van der Waals surface area contributed by atoms with Crippen molar-refractivity contribution in [3.63, 3.8) is 0 Å². The van der Waals surface area contributed by atoms with Gasteiger partial charge in [-0.15, -0.1) is 0 Å². The maximum absolute atomic E-state index is 13.1. The number of anilines is 2. The van der Waals surface area contributed by atoms with E-state index in [1.165, 1.54) is 9.13 Å². The van der Waals surface area contributed by atoms with Crippen LogP contribution in [0.15, 0.2) is 51.0 Å². The largest absolute Gasteiger partial charge is 0.332 e. The first kappa shape index (κ1) is 17.6. The summed E-state index contributed by atoms with van der Waals surface area (Å²) in [6.45, 7) is 3.35. The molecule has 1 aromatic carbocycles. The lowest BCUT2D eigenvalue weighted by Crippen LogP contribution is -2.39. The van der Waals surface area contributed by atoms with Gasteiger partial charge in [0.15, 0.2) is 11.2 Å². The van der Waals surface area contributed by atoms with Crippen LogP contribution < -0.4 is 16.1 Å². The zero-order valence-corrected chi connectivity index (χ0v) is 16.0. The predicted molar refractivity (Wildman–Crippen MR) is 107 cm³/mol. The summed E-state index contributed by atoms with van der Waals surface area (Å²) in [6, 6.07) is 9.94. The van der Waals surface area contributed by atoms with Gasteiger partial charge in [0.05, 0.1) is 6.54 Å². The summed E-state index contributed by atoms with van der Waals surface area (Å²) in [5.74, 6) is 0.691. The van der Waals surface area contributed by atoms with Crippen molar-refractivity contribution < 1.29 is 0 Å². The maximum atomic E-state index is 13.1. The number of para-hydroxylation sites is 1. The Balaban J connectivity index is 1.97. The minimum absolute atomic E-state index is 0.139. The van der Waals surface area contributed by atoms with Crippen LogP contribution in [0.2, 0.25) is 0 Å². The van der Waals surface area contributed by atoms with Crippen molar-refractivity contribution in [3.8, 4) is 0 Å². The highest BCUT2D eigenvalue weighted by molar-refractivity contribution is 6.29. The van der Waals surface area contributed by atoms with Gasteiger partial charge in [-0.1, -0.05) is 35.9 Å². The molecule has 2 aromatic heterocycles. The predicted octanol–water partition coefficient (Wildman–Crippen LogP) is 2.58. The average molecular weight is 386 g/mol. The molecule has 8 heteroatoms. The quantitative estimate of drug-likeness (QED) is 0.695. The van der Waals surface area contributed by atoms with E-state index >= 15 is 0 Å². The average Bonchev–Trinajstić information content (AvgIpc) is 3.06. The molecule has 3 aromatic rings. The highest BCUT2D eigenvalue weighted by Crippen LogP contribution is 2.30. The number of allylic oxidation sites excluding steroid dienone is 2. The molecule has 3 heterocycles. The molecule has 140 valence electrons. The van der Waals surface area contributed by atoms with Gasteiger partial charge in [0, 0.05) is 30.9 Å². The molecule has 0 saturated carbocycles. The Hall–Kier alpha value is -2.80. The van der Waals surface area contributed by atoms with Gasteiger partial charge in [-0.05, 0) is 25.5 Å². The van der Waals surface area contributed by atoms with E-state index in [1.54, 1.807) is 20.0 Å². The van der Waals surface area contributed by atoms with Crippen LogP contribution >= 0.6 is 11.6 Å². The summed E-state index contributed by atoms with van der Waals surface area (Å²) < 4.78 is 4.55. The number of aromatic nitrogens is 4. The summed E-state index contributed by atoms with van der Waals surface area (Å²) in [6.07, 6.45) is 2.54. The standard InChI is InChI=1S/C19H20ClN5O2/c1-13(20)9-12-25-17(26)15-16(22(2)19(25)27)21-18-23(10-6-11-24(15)18)14-7-4-3-5-8-14/h3-5,7-9H,6,10-12H2,1-2H3/b13-9+. The Morgan fingerprint density at radius 1 is 1.22 bits per heavy atom. The van der Waals surface area contributed by atoms with Crippen LogP contribution in [-0.4, -0.2) is 25.2 Å². The van der Waals surface area contributed by atoms with Gasteiger partial charge in [0.25, 0.3) is 5.56 Å². The van der Waals surface area contributed by atoms with Gasteiger partial charge in [-0.2, -0.15) is 4.98 Å². The lowest BCUT2D eigenvalue weighted by atomic mass is 10.2. The van der Waals surface area contributed by atoms with Crippen LogP contribution in [0.5, 0.6) is 0 Å². The number of benzene rings is 1. The molecule has 0 spiro atoms. The highest BCUT2D eigenvalue weighted by Gasteiger charge is 2.26. The number of imidazole rings is 1. The first-order valence-corrected chi connectivity index (χ1v) is 9.21. The molecule has 7 nitrogen and oxygen atoms in total. The van der Waals surface area contributed by atoms with Crippen LogP contribution in [0.3, 0.4) is 0 Å². The van der Waals surface area contributed by atoms with Crippen LogP contribution in [0.25, 0.3) is 11.2 Å². The summed E-state index contributed by atoms with van der Waals surface area (Å²) in [7, 11) is 1.64. The molecule has 0 atom stereocenters. The van der Waals surface area contributed by atoms with Crippen LogP contribution in [-0.2, 0) is 20.1 Å². The van der Waals surface area contributed by atoms with Gasteiger partial charge in [0.1, 0.15) is 0 Å². The molecule has 0 fully saturated rings. The zero-order valence-electron chi connectivity index (χ0n) is 15.2. The van der Waals surface area contributed by atoms with Crippen LogP contribution in [0.1, 0.15) is 13.3 Å². The third-order valence-electron chi connectivity index (χ3n) is 4.84. The van der Waals surface area contributed by atoms with Crippen LogP contribution in [0.4, 0.5) is 11.6 Å². The first-order valence-electron chi connectivity index (χ1n) is 8.84. The van der Waals surface area contributed by atoms with Crippen molar-refractivity contribution in [2.75, 3.05) is 11.4 Å². The van der Waals surface area contributed by atoms with E-state index < -0.39 is 5.69 Å². The van der Waals surface area contributed by atoms with Crippen molar-refractivity contribution in [2.45, 2.75) is 26.4 Å². The number of hydrogen-bond acceptors (Lipinski definition) is 4. The number of nitrogens with zero attached hydrogens (tertiary/aromatic N) is 5. The molecule has 27 heavy (non-hydrogen) atoms. The number of hydrogen-bond donors (Lipinski definition) is 0. The zero-order chi connectivity index (χ0) is 19.1. The number of fused-ring (bicyclic) bond motifs is 3. The fraction of sp³-hybridized carbons (Fsp3) is 0.316. The van der Waals surface area contributed by atoms with E-state index in [-0.39, 0.29) is 12.1 Å². The molecular weight excluding hydrogens is 366 g/mol. The Kier molecular flexibility index (Phi) is 4.39. The fourth-order valence-corrected chi connectivity index (χ4v) is 3.56. The fourth-order valence-electron chi connectivity index (χ4n) is 3.50. The SMILES string of the molecule is C/C(Cl)=C\Cn1c(=O)c2c(nc3n2CCCN3c2ccccc2)n(C)c1=O. The third-order valence-corrected chi connectivity index (χ3v) is 4.99. The molecule has 0 bridgehead atoms. The molecule has 1 aliphatic heterocycles. The van der Waals surface area contributed by atoms with Crippen molar-refractivity contribution in [1.29, 1.82) is 0 Å². The van der Waals surface area contributed by atoms with E-state index in [4.69, 9.17) is 11.6 Å². The normalized spacial score (nSPS) is 14.6. The van der Waals surface area contributed by atoms with Gasteiger partial charge in [-0.3, -0.25) is 13.9 Å². The van der Waals surface area contributed by atoms with Gasteiger partial charge < -0.3 is 9.47 Å². The molecule has 0 aliphatic carbocycles. The maximum Gasteiger partial charge on any atom is 0.332 e. The van der Waals surface area contributed by atoms with Crippen molar-refractivity contribution in [2.24, 2.45) is 7.05 Å². The van der Waals surface area contributed by atoms with Crippen molar-refractivity contribution in [1.82, 2.24) is 18.7 Å². The van der Waals surface area contributed by atoms with Crippen molar-refractivity contribution in [3.05, 3.63) is 62.3 Å². The first-order chi connectivity index (χ1) is 13.0. The lowest BCUT2D eigenvalue weighted by molar-refractivity contribution is 0.598. The Morgan fingerprint density at radius 2 is 1.96 bits per heavy atom. The second kappa shape index (κ2) is 6.74. The third kappa shape index (κ3) is 2.88. The van der Waals surface area contributed by atoms with Crippen molar-refractivity contribution >= 4 is 34.4 Å². The smallest absolute Gasteiger partial charge is 0.312 e.